The van der Waals surface area contributed by atoms with Gasteiger partial charge in [-0.15, -0.1) is 0 Å². The molecule has 172 valence electrons. The predicted molar refractivity (Wildman–Crippen MR) is 112 cm³/mol. The maximum Gasteiger partial charge on any atom is 0.342 e. The van der Waals surface area contributed by atoms with Gasteiger partial charge in [0.25, 0.3) is 5.91 Å². The molecule has 31 heavy (non-hydrogen) atoms. The first-order valence-corrected chi connectivity index (χ1v) is 11.6. The van der Waals surface area contributed by atoms with Gasteiger partial charge in [0.15, 0.2) is 6.10 Å². The van der Waals surface area contributed by atoms with Gasteiger partial charge in [-0.05, 0) is 44.9 Å². The van der Waals surface area contributed by atoms with E-state index < -0.39 is 34.0 Å². The number of amides is 3. The Bertz CT molecular complexity index is 909. The first-order valence-electron chi connectivity index (χ1n) is 10.2. The third-order valence-electron chi connectivity index (χ3n) is 4.82. The van der Waals surface area contributed by atoms with Crippen molar-refractivity contribution in [3.8, 4) is 5.75 Å². The van der Waals surface area contributed by atoms with E-state index in [4.69, 9.17) is 9.47 Å². The summed E-state index contributed by atoms with van der Waals surface area (Å²) in [6, 6.07) is 3.23. The molecule has 1 unspecified atom stereocenters. The van der Waals surface area contributed by atoms with Crippen molar-refractivity contribution in [2.24, 2.45) is 0 Å². The van der Waals surface area contributed by atoms with Crippen LogP contribution < -0.4 is 15.4 Å². The number of esters is 1. The number of carbonyl (C=O) groups is 3. The minimum atomic E-state index is -3.80. The molecular weight excluding hydrogens is 426 g/mol. The Hall–Kier alpha value is -2.66. The summed E-state index contributed by atoms with van der Waals surface area (Å²) < 4.78 is 37.8. The summed E-state index contributed by atoms with van der Waals surface area (Å²) in [5, 5.41) is 4.44. The third-order valence-corrected chi connectivity index (χ3v) is 6.72. The summed E-state index contributed by atoms with van der Waals surface area (Å²) in [7, 11) is -2.46. The highest BCUT2D eigenvalue weighted by atomic mass is 32.2. The molecule has 1 saturated heterocycles. The molecule has 1 aliphatic rings. The van der Waals surface area contributed by atoms with Crippen molar-refractivity contribution in [3.05, 3.63) is 23.8 Å². The maximum absolute atomic E-state index is 13.1. The molecule has 1 aromatic carbocycles. The topological polar surface area (TPSA) is 131 Å². The van der Waals surface area contributed by atoms with Gasteiger partial charge in [-0.2, -0.15) is 4.31 Å². The van der Waals surface area contributed by atoms with Gasteiger partial charge in [-0.1, -0.05) is 12.8 Å². The molecule has 0 bridgehead atoms. The number of carbonyl (C=O) groups excluding carboxylic acids is 3. The van der Waals surface area contributed by atoms with Crippen molar-refractivity contribution >= 4 is 27.9 Å². The molecule has 1 atom stereocenters. The van der Waals surface area contributed by atoms with E-state index in [0.29, 0.717) is 19.6 Å². The molecule has 0 saturated carbocycles. The lowest BCUT2D eigenvalue weighted by Crippen LogP contribution is -2.44. The minimum Gasteiger partial charge on any atom is -0.496 e. The fourth-order valence-corrected chi connectivity index (χ4v) is 4.68. The van der Waals surface area contributed by atoms with E-state index in [-0.39, 0.29) is 16.2 Å². The second-order valence-electron chi connectivity index (χ2n) is 7.08. The van der Waals surface area contributed by atoms with Crippen molar-refractivity contribution in [2.75, 3.05) is 26.7 Å². The normalized spacial score (nSPS) is 16.0. The summed E-state index contributed by atoms with van der Waals surface area (Å²) in [5.74, 6) is -1.65. The predicted octanol–water partition coefficient (Wildman–Crippen LogP) is 1.65. The Morgan fingerprint density at radius 3 is 2.35 bits per heavy atom. The summed E-state index contributed by atoms with van der Waals surface area (Å²) in [6.45, 7) is 4.16. The van der Waals surface area contributed by atoms with Crippen molar-refractivity contribution in [1.29, 1.82) is 0 Å². The van der Waals surface area contributed by atoms with Gasteiger partial charge in [0.1, 0.15) is 11.3 Å². The van der Waals surface area contributed by atoms with E-state index >= 15 is 0 Å². The smallest absolute Gasteiger partial charge is 0.342 e. The number of sulfonamides is 1. The average Bonchev–Trinajstić information content (AvgIpc) is 3.03. The molecule has 11 heteroatoms. The Labute approximate surface area is 182 Å². The molecule has 1 aliphatic heterocycles. The summed E-state index contributed by atoms with van der Waals surface area (Å²) in [6.07, 6.45) is 2.22. The van der Waals surface area contributed by atoms with Crippen LogP contribution in [0.15, 0.2) is 23.1 Å². The zero-order valence-electron chi connectivity index (χ0n) is 18.0. The van der Waals surface area contributed by atoms with Crippen molar-refractivity contribution in [1.82, 2.24) is 14.9 Å². The summed E-state index contributed by atoms with van der Waals surface area (Å²) in [4.78, 5) is 36.1. The van der Waals surface area contributed by atoms with E-state index in [9.17, 15) is 22.8 Å². The maximum atomic E-state index is 13.1. The average molecular weight is 456 g/mol. The Kier molecular flexibility index (Phi) is 8.81. The Morgan fingerprint density at radius 2 is 1.77 bits per heavy atom. The number of nitrogens with zero attached hydrogens (tertiary/aromatic N) is 1. The van der Waals surface area contributed by atoms with Crippen LogP contribution in [0.3, 0.4) is 0 Å². The highest BCUT2D eigenvalue weighted by molar-refractivity contribution is 7.89. The largest absolute Gasteiger partial charge is 0.496 e. The number of nitrogens with one attached hydrogen (secondary N) is 2. The van der Waals surface area contributed by atoms with E-state index in [0.717, 1.165) is 25.7 Å². The molecule has 2 rings (SSSR count). The van der Waals surface area contributed by atoms with Crippen molar-refractivity contribution in [2.45, 2.75) is 50.5 Å². The van der Waals surface area contributed by atoms with Gasteiger partial charge in [0.2, 0.25) is 10.0 Å². The van der Waals surface area contributed by atoms with Crippen LogP contribution >= 0.6 is 0 Å². The van der Waals surface area contributed by atoms with Crippen LogP contribution in [0.1, 0.15) is 49.9 Å². The van der Waals surface area contributed by atoms with Crippen LogP contribution in [0.4, 0.5) is 4.79 Å². The van der Waals surface area contributed by atoms with Crippen molar-refractivity contribution < 1.29 is 32.3 Å². The van der Waals surface area contributed by atoms with Gasteiger partial charge in [-0.3, -0.25) is 10.1 Å². The quantitative estimate of drug-likeness (QED) is 0.598. The monoisotopic (exact) mass is 455 g/mol. The molecule has 2 N–H and O–H groups in total. The molecule has 1 aromatic rings. The lowest BCUT2D eigenvalue weighted by Gasteiger charge is -2.21. The second-order valence-corrected chi connectivity index (χ2v) is 9.01. The van der Waals surface area contributed by atoms with Gasteiger partial charge in [0.05, 0.1) is 12.0 Å². The summed E-state index contributed by atoms with van der Waals surface area (Å²) in [5.41, 5.74) is -0.129. The molecular formula is C20H29N3O7S. The number of ether oxygens (including phenoxy) is 2. The molecule has 0 radical (unpaired) electrons. The zero-order chi connectivity index (χ0) is 23.0. The number of methoxy groups -OCH3 is 1. The van der Waals surface area contributed by atoms with Crippen LogP contribution in [0.2, 0.25) is 0 Å². The van der Waals surface area contributed by atoms with Crippen molar-refractivity contribution in [3.63, 3.8) is 0 Å². The Morgan fingerprint density at radius 1 is 1.13 bits per heavy atom. The second kappa shape index (κ2) is 11.1. The number of rotatable bonds is 7. The number of imide groups is 1. The van der Waals surface area contributed by atoms with Crippen LogP contribution in [-0.4, -0.2) is 63.5 Å². The van der Waals surface area contributed by atoms with E-state index in [1.54, 1.807) is 6.92 Å². The van der Waals surface area contributed by atoms with Gasteiger partial charge in [0, 0.05) is 19.6 Å². The molecule has 1 heterocycles. The molecule has 0 spiro atoms. The highest BCUT2D eigenvalue weighted by Crippen LogP contribution is 2.27. The van der Waals surface area contributed by atoms with Gasteiger partial charge >= 0.3 is 12.0 Å². The number of hydrogen-bond acceptors (Lipinski definition) is 7. The van der Waals surface area contributed by atoms with E-state index in [1.807, 2.05) is 0 Å². The number of urea groups is 1. The molecule has 3 amide bonds. The van der Waals surface area contributed by atoms with Gasteiger partial charge < -0.3 is 14.8 Å². The third kappa shape index (κ3) is 6.41. The number of benzene rings is 1. The van der Waals surface area contributed by atoms with Crippen LogP contribution in [0, 0.1) is 0 Å². The molecule has 1 fully saturated rings. The fourth-order valence-electron chi connectivity index (χ4n) is 3.13. The zero-order valence-corrected chi connectivity index (χ0v) is 18.8. The highest BCUT2D eigenvalue weighted by Gasteiger charge is 2.28. The van der Waals surface area contributed by atoms with Crippen LogP contribution in [0.5, 0.6) is 5.75 Å². The van der Waals surface area contributed by atoms with Crippen LogP contribution in [-0.2, 0) is 19.6 Å². The number of hydrogen-bond donors (Lipinski definition) is 2. The minimum absolute atomic E-state index is 0.0541. The first kappa shape index (κ1) is 24.6. The fraction of sp³-hybridized carbons (Fsp3) is 0.550. The molecule has 10 nitrogen and oxygen atoms in total. The molecule has 0 aromatic heterocycles. The van der Waals surface area contributed by atoms with Crippen LogP contribution in [0.25, 0.3) is 0 Å². The lowest BCUT2D eigenvalue weighted by molar-refractivity contribution is -0.127. The van der Waals surface area contributed by atoms with E-state index in [1.165, 1.54) is 36.5 Å². The SMILES string of the molecule is CCNC(=O)NC(=O)C(C)OC(=O)c1cc(S(=O)(=O)N2CCCCCC2)ccc1OC. The molecule has 0 aliphatic carbocycles. The first-order chi connectivity index (χ1) is 14.7. The Balaban J connectivity index is 2.22. The lowest BCUT2D eigenvalue weighted by atomic mass is 10.2. The standard InChI is InChI=1S/C20H29N3O7S/c1-4-21-20(26)22-18(24)14(2)30-19(25)16-13-15(9-10-17(16)29-3)31(27,28)23-11-7-5-6-8-12-23/h9-10,13-14H,4-8,11-12H2,1-3H3,(H2,21,22,24,26). The van der Waals surface area contributed by atoms with E-state index in [2.05, 4.69) is 10.6 Å². The van der Waals surface area contributed by atoms with Gasteiger partial charge in [-0.25, -0.2) is 18.0 Å². The summed E-state index contributed by atoms with van der Waals surface area (Å²) >= 11 is 0.